The van der Waals surface area contributed by atoms with Gasteiger partial charge in [0.1, 0.15) is 18.7 Å². The number of fused-ring (bicyclic) bond motifs is 1. The van der Waals surface area contributed by atoms with Gasteiger partial charge in [-0.15, -0.1) is 24.8 Å². The van der Waals surface area contributed by atoms with Crippen molar-refractivity contribution in [3.63, 3.8) is 0 Å². The summed E-state index contributed by atoms with van der Waals surface area (Å²) in [7, 11) is 0. The number of para-hydroxylation sites is 1. The number of nitrogens with zero attached hydrogens (tertiary/aromatic N) is 3. The molecular weight excluding hydrogens is 373 g/mol. The van der Waals surface area contributed by atoms with E-state index in [-0.39, 0.29) is 24.8 Å². The molecule has 0 saturated carbocycles. The highest BCUT2D eigenvalue weighted by Gasteiger charge is 2.10. The van der Waals surface area contributed by atoms with E-state index in [0.29, 0.717) is 6.61 Å². The second kappa shape index (κ2) is 9.78. The highest BCUT2D eigenvalue weighted by molar-refractivity contribution is 5.85. The molecule has 4 rings (SSSR count). The van der Waals surface area contributed by atoms with Crippen LogP contribution in [0.25, 0.3) is 16.7 Å². The normalized spacial score (nSPS) is 14.5. The van der Waals surface area contributed by atoms with Crippen LogP contribution in [-0.2, 0) is 4.74 Å². The van der Waals surface area contributed by atoms with Crippen LogP contribution in [-0.4, -0.2) is 53.9 Å². The van der Waals surface area contributed by atoms with Crippen LogP contribution in [0.2, 0.25) is 0 Å². The monoisotopic (exact) mass is 395 g/mol. The lowest BCUT2D eigenvalue weighted by molar-refractivity contribution is 0.0322. The Labute approximate surface area is 165 Å². The summed E-state index contributed by atoms with van der Waals surface area (Å²) in [5, 5.41) is 0. The van der Waals surface area contributed by atoms with Crippen molar-refractivity contribution < 1.29 is 9.47 Å². The lowest BCUT2D eigenvalue weighted by Gasteiger charge is -2.26. The molecule has 3 aromatic rings. The van der Waals surface area contributed by atoms with E-state index in [4.69, 9.17) is 9.47 Å². The number of hydrogen-bond donors (Lipinski definition) is 0. The molecule has 26 heavy (non-hydrogen) atoms. The highest BCUT2D eigenvalue weighted by atomic mass is 35.5. The van der Waals surface area contributed by atoms with Gasteiger partial charge in [0.05, 0.1) is 24.2 Å². The summed E-state index contributed by atoms with van der Waals surface area (Å²) in [4.78, 5) is 6.88. The van der Waals surface area contributed by atoms with E-state index in [9.17, 15) is 0 Å². The first-order valence-electron chi connectivity index (χ1n) is 8.35. The Morgan fingerprint density at radius 2 is 1.77 bits per heavy atom. The Bertz CT molecular complexity index is 805. The van der Waals surface area contributed by atoms with E-state index >= 15 is 0 Å². The lowest BCUT2D eigenvalue weighted by atomic mass is 10.2. The fraction of sp³-hybridized carbons (Fsp3) is 0.316. The molecule has 1 aliphatic rings. The number of aromatic nitrogens is 2. The Morgan fingerprint density at radius 3 is 2.54 bits per heavy atom. The zero-order valence-electron chi connectivity index (χ0n) is 14.4. The molecule has 0 radical (unpaired) electrons. The number of imidazole rings is 1. The molecule has 0 atom stereocenters. The van der Waals surface area contributed by atoms with Gasteiger partial charge in [-0.25, -0.2) is 4.98 Å². The van der Waals surface area contributed by atoms with Gasteiger partial charge in [0.2, 0.25) is 0 Å². The van der Waals surface area contributed by atoms with Gasteiger partial charge < -0.3 is 9.47 Å². The van der Waals surface area contributed by atoms with Crippen molar-refractivity contribution in [1.82, 2.24) is 14.5 Å². The van der Waals surface area contributed by atoms with Gasteiger partial charge in [-0.3, -0.25) is 9.47 Å². The lowest BCUT2D eigenvalue weighted by Crippen LogP contribution is -2.38. The van der Waals surface area contributed by atoms with Crippen LogP contribution < -0.4 is 4.74 Å². The first-order valence-corrected chi connectivity index (χ1v) is 8.35. The first-order chi connectivity index (χ1) is 11.9. The Balaban J connectivity index is 0.00000121. The average Bonchev–Trinajstić information content (AvgIpc) is 3.07. The van der Waals surface area contributed by atoms with Crippen molar-refractivity contribution >= 4 is 35.8 Å². The van der Waals surface area contributed by atoms with Crippen LogP contribution >= 0.6 is 24.8 Å². The minimum Gasteiger partial charge on any atom is -0.492 e. The summed E-state index contributed by atoms with van der Waals surface area (Å²) in [6.07, 6.45) is 1.86. The molecule has 1 aliphatic heterocycles. The van der Waals surface area contributed by atoms with Crippen molar-refractivity contribution in [3.8, 4) is 11.4 Å². The Hall–Kier alpha value is -1.79. The third-order valence-electron chi connectivity index (χ3n) is 4.33. The summed E-state index contributed by atoms with van der Waals surface area (Å²) >= 11 is 0. The number of hydrogen-bond acceptors (Lipinski definition) is 4. The predicted octanol–water partition coefficient (Wildman–Crippen LogP) is 3.58. The molecule has 0 spiro atoms. The van der Waals surface area contributed by atoms with E-state index in [1.54, 1.807) is 0 Å². The predicted molar refractivity (Wildman–Crippen MR) is 108 cm³/mol. The topological polar surface area (TPSA) is 39.5 Å². The third kappa shape index (κ3) is 4.68. The van der Waals surface area contributed by atoms with E-state index in [0.717, 1.165) is 55.3 Å². The molecule has 1 aromatic heterocycles. The van der Waals surface area contributed by atoms with E-state index in [2.05, 4.69) is 32.7 Å². The van der Waals surface area contributed by atoms with Crippen molar-refractivity contribution in [2.45, 2.75) is 0 Å². The van der Waals surface area contributed by atoms with Crippen molar-refractivity contribution in [2.75, 3.05) is 39.5 Å². The summed E-state index contributed by atoms with van der Waals surface area (Å²) in [5.41, 5.74) is 3.14. The van der Waals surface area contributed by atoms with Crippen LogP contribution in [0.4, 0.5) is 0 Å². The molecule has 5 nitrogen and oxygen atoms in total. The summed E-state index contributed by atoms with van der Waals surface area (Å²) < 4.78 is 13.3. The van der Waals surface area contributed by atoms with Gasteiger partial charge in [-0.1, -0.05) is 18.2 Å². The van der Waals surface area contributed by atoms with Crippen molar-refractivity contribution in [1.29, 1.82) is 0 Å². The van der Waals surface area contributed by atoms with Crippen LogP contribution in [0.3, 0.4) is 0 Å². The maximum atomic E-state index is 5.90. The number of halogens is 2. The Kier molecular flexibility index (Phi) is 7.72. The third-order valence-corrected chi connectivity index (χ3v) is 4.33. The van der Waals surface area contributed by atoms with Gasteiger partial charge in [0, 0.05) is 31.4 Å². The van der Waals surface area contributed by atoms with Crippen LogP contribution in [0.1, 0.15) is 0 Å². The van der Waals surface area contributed by atoms with Gasteiger partial charge in [0.25, 0.3) is 0 Å². The molecule has 0 aliphatic carbocycles. The number of rotatable bonds is 5. The van der Waals surface area contributed by atoms with Crippen LogP contribution in [0, 0.1) is 0 Å². The zero-order chi connectivity index (χ0) is 16.2. The SMILES string of the molecule is Cl.Cl.c1ccc(-n2cnc3cc(OCCN4CCOCC4)ccc32)cc1. The van der Waals surface area contributed by atoms with Crippen LogP contribution in [0.15, 0.2) is 54.9 Å². The maximum Gasteiger partial charge on any atom is 0.121 e. The number of morpholine rings is 1. The quantitative estimate of drug-likeness (QED) is 0.661. The fourth-order valence-corrected chi connectivity index (χ4v) is 2.99. The van der Waals surface area contributed by atoms with Gasteiger partial charge in [-0.2, -0.15) is 0 Å². The van der Waals surface area contributed by atoms with Gasteiger partial charge >= 0.3 is 0 Å². The minimum absolute atomic E-state index is 0. The molecule has 0 amide bonds. The van der Waals surface area contributed by atoms with Crippen molar-refractivity contribution in [2.24, 2.45) is 0 Å². The summed E-state index contributed by atoms with van der Waals surface area (Å²) in [6.45, 7) is 5.24. The highest BCUT2D eigenvalue weighted by Crippen LogP contribution is 2.22. The molecule has 2 heterocycles. The molecule has 1 fully saturated rings. The average molecular weight is 396 g/mol. The zero-order valence-corrected chi connectivity index (χ0v) is 16.0. The molecule has 0 bridgehead atoms. The standard InChI is InChI=1S/C19H21N3O2.2ClH/c1-2-4-16(5-3-1)22-15-20-18-14-17(6-7-19(18)22)24-13-10-21-8-11-23-12-9-21;;/h1-7,14-15H,8-13H2;2*1H. The van der Waals surface area contributed by atoms with Gasteiger partial charge in [0.15, 0.2) is 0 Å². The fourth-order valence-electron chi connectivity index (χ4n) is 2.99. The second-order valence-electron chi connectivity index (χ2n) is 5.90. The second-order valence-corrected chi connectivity index (χ2v) is 5.90. The van der Waals surface area contributed by atoms with Gasteiger partial charge in [-0.05, 0) is 24.3 Å². The molecule has 1 saturated heterocycles. The molecule has 0 unspecified atom stereocenters. The van der Waals surface area contributed by atoms with Crippen molar-refractivity contribution in [3.05, 3.63) is 54.9 Å². The minimum atomic E-state index is 0. The largest absolute Gasteiger partial charge is 0.492 e. The number of ether oxygens (including phenoxy) is 2. The molecule has 2 aromatic carbocycles. The smallest absolute Gasteiger partial charge is 0.121 e. The summed E-state index contributed by atoms with van der Waals surface area (Å²) in [6, 6.07) is 16.3. The molecular formula is C19H23Cl2N3O2. The maximum absolute atomic E-state index is 5.90. The molecule has 140 valence electrons. The molecule has 7 heteroatoms. The first kappa shape index (κ1) is 20.5. The molecule has 0 N–H and O–H groups in total. The summed E-state index contributed by atoms with van der Waals surface area (Å²) in [5.74, 6) is 0.870. The number of benzene rings is 2. The van der Waals surface area contributed by atoms with E-state index in [1.807, 2.05) is 36.7 Å². The van der Waals surface area contributed by atoms with Crippen LogP contribution in [0.5, 0.6) is 5.75 Å². The van der Waals surface area contributed by atoms with E-state index < -0.39 is 0 Å². The van der Waals surface area contributed by atoms with E-state index in [1.165, 1.54) is 0 Å². The Morgan fingerprint density at radius 1 is 1.00 bits per heavy atom.